The summed E-state index contributed by atoms with van der Waals surface area (Å²) in [4.78, 5) is 33.1. The highest BCUT2D eigenvalue weighted by Gasteiger charge is 2.28. The minimum absolute atomic E-state index is 0.122. The zero-order chi connectivity index (χ0) is 23.5. The van der Waals surface area contributed by atoms with Gasteiger partial charge >= 0.3 is 0 Å². The zero-order valence-corrected chi connectivity index (χ0v) is 20.5. The van der Waals surface area contributed by atoms with Crippen molar-refractivity contribution in [3.05, 3.63) is 92.9 Å². The van der Waals surface area contributed by atoms with Crippen LogP contribution in [0.2, 0.25) is 0 Å². The molecule has 2 aromatic heterocycles. The molecule has 0 radical (unpaired) electrons. The summed E-state index contributed by atoms with van der Waals surface area (Å²) >= 11 is 3.02. The number of carbonyl (C=O) groups excluding carboxylic acids is 2. The van der Waals surface area contributed by atoms with Crippen molar-refractivity contribution in [2.24, 2.45) is 0 Å². The second-order valence-corrected chi connectivity index (χ2v) is 10.6. The molecule has 2 heterocycles. The molecule has 5 nitrogen and oxygen atoms in total. The lowest BCUT2D eigenvalue weighted by Crippen LogP contribution is -2.27. The van der Waals surface area contributed by atoms with Crippen molar-refractivity contribution in [3.63, 3.8) is 0 Å². The Bertz CT molecular complexity index is 1330. The summed E-state index contributed by atoms with van der Waals surface area (Å²) in [6.45, 7) is 2.45. The number of fused-ring (bicyclic) bond motifs is 1. The molecule has 0 saturated heterocycles. The maximum Gasteiger partial charge on any atom is 0.276 e. The molecule has 2 aromatic carbocycles. The van der Waals surface area contributed by atoms with E-state index in [1.807, 2.05) is 55.5 Å². The van der Waals surface area contributed by atoms with Crippen molar-refractivity contribution < 1.29 is 9.59 Å². The highest BCUT2D eigenvalue weighted by atomic mass is 32.1. The van der Waals surface area contributed by atoms with Crippen molar-refractivity contribution in [2.45, 2.75) is 32.6 Å². The molecule has 0 atom stereocenters. The molecule has 2 amide bonds. The number of hydrogen-bond acceptors (Lipinski definition) is 5. The Kier molecular flexibility index (Phi) is 6.56. The standard InChI is InChI=1S/C27H25N3O2S2/c1-17-29-23(24(33-17)19-11-6-3-7-12-19)26(32)30-27-22(20-13-8-14-21(20)34-27)25(31)28-16-15-18-9-4-2-5-10-18/h2-7,9-12H,8,13-16H2,1H3,(H,28,31)(H,30,32). The van der Waals surface area contributed by atoms with E-state index >= 15 is 0 Å². The molecule has 4 aromatic rings. The molecule has 0 aliphatic heterocycles. The fourth-order valence-electron chi connectivity index (χ4n) is 4.31. The van der Waals surface area contributed by atoms with Crippen molar-refractivity contribution in [3.8, 4) is 10.4 Å². The van der Waals surface area contributed by atoms with E-state index in [1.54, 1.807) is 0 Å². The van der Waals surface area contributed by atoms with Gasteiger partial charge in [-0.2, -0.15) is 0 Å². The molecule has 34 heavy (non-hydrogen) atoms. The minimum Gasteiger partial charge on any atom is -0.352 e. The Balaban J connectivity index is 1.37. The number of nitrogens with one attached hydrogen (secondary N) is 2. The van der Waals surface area contributed by atoms with Gasteiger partial charge in [-0.15, -0.1) is 22.7 Å². The number of nitrogens with zero attached hydrogens (tertiary/aromatic N) is 1. The third-order valence-electron chi connectivity index (χ3n) is 5.90. The predicted octanol–water partition coefficient (Wildman–Crippen LogP) is 5.89. The van der Waals surface area contributed by atoms with Crippen LogP contribution in [0.15, 0.2) is 60.7 Å². The topological polar surface area (TPSA) is 71.1 Å². The number of aryl methyl sites for hydroxylation is 2. The van der Waals surface area contributed by atoms with Crippen LogP contribution in [-0.2, 0) is 19.3 Å². The van der Waals surface area contributed by atoms with Gasteiger partial charge < -0.3 is 10.6 Å². The van der Waals surface area contributed by atoms with E-state index in [-0.39, 0.29) is 11.8 Å². The van der Waals surface area contributed by atoms with Gasteiger partial charge in [0, 0.05) is 11.4 Å². The summed E-state index contributed by atoms with van der Waals surface area (Å²) in [5, 5.41) is 7.54. The van der Waals surface area contributed by atoms with Crippen molar-refractivity contribution in [1.29, 1.82) is 0 Å². The van der Waals surface area contributed by atoms with Gasteiger partial charge in [-0.25, -0.2) is 4.98 Å². The van der Waals surface area contributed by atoms with Crippen LogP contribution in [0.4, 0.5) is 5.00 Å². The molecule has 0 unspecified atom stereocenters. The Morgan fingerprint density at radius 2 is 1.68 bits per heavy atom. The number of thiophene rings is 1. The third-order valence-corrected chi connectivity index (χ3v) is 8.13. The lowest BCUT2D eigenvalue weighted by atomic mass is 10.1. The summed E-state index contributed by atoms with van der Waals surface area (Å²) in [6, 6.07) is 19.9. The quantitative estimate of drug-likeness (QED) is 0.341. The Morgan fingerprint density at radius 3 is 2.44 bits per heavy atom. The van der Waals surface area contributed by atoms with Crippen LogP contribution >= 0.6 is 22.7 Å². The maximum absolute atomic E-state index is 13.3. The molecule has 172 valence electrons. The SMILES string of the molecule is Cc1nc(C(=O)Nc2sc3c(c2C(=O)NCCc2ccccc2)CCC3)c(-c2ccccc2)s1. The van der Waals surface area contributed by atoms with E-state index in [9.17, 15) is 9.59 Å². The van der Waals surface area contributed by atoms with Crippen LogP contribution in [-0.4, -0.2) is 23.3 Å². The number of benzene rings is 2. The number of hydrogen-bond donors (Lipinski definition) is 2. The molecule has 5 rings (SSSR count). The number of anilines is 1. The normalized spacial score (nSPS) is 12.4. The van der Waals surface area contributed by atoms with Crippen LogP contribution in [0.3, 0.4) is 0 Å². The van der Waals surface area contributed by atoms with Gasteiger partial charge in [-0.1, -0.05) is 60.7 Å². The molecular formula is C27H25N3O2S2. The van der Waals surface area contributed by atoms with Gasteiger partial charge in [0.05, 0.1) is 15.4 Å². The molecule has 0 fully saturated rings. The third kappa shape index (κ3) is 4.67. The molecule has 2 N–H and O–H groups in total. The largest absolute Gasteiger partial charge is 0.352 e. The fraction of sp³-hybridized carbons (Fsp3) is 0.222. The van der Waals surface area contributed by atoms with Crippen LogP contribution in [0.5, 0.6) is 0 Å². The average molecular weight is 488 g/mol. The summed E-state index contributed by atoms with van der Waals surface area (Å²) in [7, 11) is 0. The number of carbonyl (C=O) groups is 2. The van der Waals surface area contributed by atoms with E-state index in [0.717, 1.165) is 46.7 Å². The smallest absolute Gasteiger partial charge is 0.276 e. The van der Waals surface area contributed by atoms with E-state index < -0.39 is 0 Å². The van der Waals surface area contributed by atoms with Gasteiger partial charge in [0.15, 0.2) is 0 Å². The number of rotatable bonds is 7. The number of aromatic nitrogens is 1. The van der Waals surface area contributed by atoms with E-state index in [0.29, 0.717) is 22.8 Å². The van der Waals surface area contributed by atoms with Crippen molar-refractivity contribution in [2.75, 3.05) is 11.9 Å². The van der Waals surface area contributed by atoms with E-state index in [1.165, 1.54) is 33.1 Å². The van der Waals surface area contributed by atoms with E-state index in [2.05, 4.69) is 27.8 Å². The summed E-state index contributed by atoms with van der Waals surface area (Å²) in [6.07, 6.45) is 3.63. The van der Waals surface area contributed by atoms with E-state index in [4.69, 9.17) is 0 Å². The van der Waals surface area contributed by atoms with Gasteiger partial charge in [0.2, 0.25) is 0 Å². The van der Waals surface area contributed by atoms with Crippen molar-refractivity contribution in [1.82, 2.24) is 10.3 Å². The molecule has 7 heteroatoms. The first-order chi connectivity index (χ1) is 16.6. The van der Waals surface area contributed by atoms with Gasteiger partial charge in [0.25, 0.3) is 11.8 Å². The van der Waals surface area contributed by atoms with Crippen LogP contribution in [0.25, 0.3) is 10.4 Å². The molecule has 1 aliphatic carbocycles. The fourth-order valence-corrected chi connectivity index (χ4v) is 6.52. The zero-order valence-electron chi connectivity index (χ0n) is 18.9. The number of thiazole rings is 1. The van der Waals surface area contributed by atoms with Gasteiger partial charge in [-0.3, -0.25) is 9.59 Å². The average Bonchev–Trinajstić information content (AvgIpc) is 3.54. The second-order valence-electron chi connectivity index (χ2n) is 8.28. The van der Waals surface area contributed by atoms with Crippen LogP contribution in [0.1, 0.15) is 48.3 Å². The molecule has 0 saturated carbocycles. The van der Waals surface area contributed by atoms with Gasteiger partial charge in [0.1, 0.15) is 10.7 Å². The maximum atomic E-state index is 13.3. The summed E-state index contributed by atoms with van der Waals surface area (Å²) < 4.78 is 0. The lowest BCUT2D eigenvalue weighted by Gasteiger charge is -2.10. The summed E-state index contributed by atoms with van der Waals surface area (Å²) in [5.41, 5.74) is 4.24. The second kappa shape index (κ2) is 9.91. The Morgan fingerprint density at radius 1 is 0.941 bits per heavy atom. The first kappa shape index (κ1) is 22.5. The first-order valence-corrected chi connectivity index (χ1v) is 13.0. The minimum atomic E-state index is -0.276. The number of amides is 2. The van der Waals surface area contributed by atoms with Crippen molar-refractivity contribution >= 4 is 39.5 Å². The molecule has 0 spiro atoms. The van der Waals surface area contributed by atoms with Crippen LogP contribution in [0, 0.1) is 6.92 Å². The predicted molar refractivity (Wildman–Crippen MR) is 139 cm³/mol. The first-order valence-electron chi connectivity index (χ1n) is 11.4. The highest BCUT2D eigenvalue weighted by Crippen LogP contribution is 2.40. The Labute approximate surface area is 206 Å². The molecular weight excluding hydrogens is 462 g/mol. The molecule has 1 aliphatic rings. The summed E-state index contributed by atoms with van der Waals surface area (Å²) in [5.74, 6) is -0.398. The van der Waals surface area contributed by atoms with Crippen LogP contribution < -0.4 is 10.6 Å². The highest BCUT2D eigenvalue weighted by molar-refractivity contribution is 7.17. The lowest BCUT2D eigenvalue weighted by molar-refractivity contribution is 0.0954. The molecule has 0 bridgehead atoms. The van der Waals surface area contributed by atoms with Gasteiger partial charge in [-0.05, 0) is 49.3 Å². The Hall–Kier alpha value is -3.29. The monoisotopic (exact) mass is 487 g/mol.